The normalized spacial score (nSPS) is 50.4. The molecule has 0 radical (unpaired) electrons. The quantitative estimate of drug-likeness (QED) is 0.667. The van der Waals surface area contributed by atoms with Gasteiger partial charge in [-0.25, -0.2) is 0 Å². The summed E-state index contributed by atoms with van der Waals surface area (Å²) in [4.78, 5) is 12.3. The monoisotopic (exact) mass is 300 g/mol. The summed E-state index contributed by atoms with van der Waals surface area (Å²) in [5.74, 6) is 5.74. The lowest BCUT2D eigenvalue weighted by Crippen LogP contribution is -2.48. The van der Waals surface area contributed by atoms with Gasteiger partial charge in [-0.1, -0.05) is 39.2 Å². The van der Waals surface area contributed by atoms with Crippen molar-refractivity contribution >= 4 is 5.78 Å². The predicted molar refractivity (Wildman–Crippen MR) is 90.4 cm³/mol. The molecule has 7 unspecified atom stereocenters. The van der Waals surface area contributed by atoms with Crippen LogP contribution in [0.5, 0.6) is 0 Å². The molecule has 0 aliphatic heterocycles. The maximum atomic E-state index is 12.3. The largest absolute Gasteiger partial charge is 0.294 e. The summed E-state index contributed by atoms with van der Waals surface area (Å²) in [5, 5.41) is 0. The molecule has 3 saturated carbocycles. The van der Waals surface area contributed by atoms with Gasteiger partial charge in [-0.2, -0.15) is 0 Å². The van der Waals surface area contributed by atoms with Gasteiger partial charge in [-0.3, -0.25) is 4.79 Å². The highest BCUT2D eigenvalue weighted by Gasteiger charge is 2.55. The Morgan fingerprint density at radius 3 is 2.73 bits per heavy atom. The van der Waals surface area contributed by atoms with Gasteiger partial charge in [0.15, 0.2) is 5.78 Å². The zero-order valence-electron chi connectivity index (χ0n) is 14.4. The Labute approximate surface area is 135 Å². The van der Waals surface area contributed by atoms with Crippen LogP contribution in [-0.2, 0) is 4.79 Å². The molecule has 0 aromatic carbocycles. The maximum Gasteiger partial charge on any atom is 0.161 e. The summed E-state index contributed by atoms with van der Waals surface area (Å²) >= 11 is 0. The first kappa shape index (κ1) is 15.0. The highest BCUT2D eigenvalue weighted by Crippen LogP contribution is 2.60. The number of allylic oxidation sites excluding steroid dienone is 2. The van der Waals surface area contributed by atoms with Gasteiger partial charge < -0.3 is 0 Å². The van der Waals surface area contributed by atoms with Crippen LogP contribution in [0.15, 0.2) is 12.2 Å². The smallest absolute Gasteiger partial charge is 0.161 e. The molecule has 0 heterocycles. The van der Waals surface area contributed by atoms with E-state index in [9.17, 15) is 4.79 Å². The van der Waals surface area contributed by atoms with Crippen molar-refractivity contribution in [1.82, 2.24) is 0 Å². The van der Waals surface area contributed by atoms with Gasteiger partial charge in [0.2, 0.25) is 0 Å². The summed E-state index contributed by atoms with van der Waals surface area (Å²) in [6, 6.07) is 0. The third-order valence-electron chi connectivity index (χ3n) is 8.03. The molecule has 7 atom stereocenters. The van der Waals surface area contributed by atoms with Crippen LogP contribution >= 0.6 is 0 Å². The van der Waals surface area contributed by atoms with Crippen LogP contribution in [0, 0.1) is 40.9 Å². The van der Waals surface area contributed by atoms with Crippen molar-refractivity contribution in [3.05, 3.63) is 12.2 Å². The fraction of sp³-hybridized carbons (Fsp3) is 0.857. The van der Waals surface area contributed by atoms with Crippen LogP contribution in [0.4, 0.5) is 0 Å². The first-order valence-electron chi connectivity index (χ1n) is 9.86. The fourth-order valence-electron chi connectivity index (χ4n) is 6.89. The number of hydrogen-bond acceptors (Lipinski definition) is 1. The molecule has 0 spiro atoms. The van der Waals surface area contributed by atoms with Crippen molar-refractivity contribution in [2.24, 2.45) is 40.9 Å². The molecule has 0 aromatic heterocycles. The van der Waals surface area contributed by atoms with E-state index >= 15 is 0 Å². The number of carbonyl (C=O) groups excluding carboxylic acids is 1. The van der Waals surface area contributed by atoms with Crippen LogP contribution in [0.25, 0.3) is 0 Å². The molecule has 22 heavy (non-hydrogen) atoms. The molecule has 0 aromatic rings. The second-order valence-corrected chi connectivity index (χ2v) is 9.00. The van der Waals surface area contributed by atoms with Gasteiger partial charge in [0.1, 0.15) is 0 Å². The Balaban J connectivity index is 1.51. The van der Waals surface area contributed by atoms with Gasteiger partial charge in [-0.15, -0.1) is 0 Å². The fourth-order valence-corrected chi connectivity index (χ4v) is 6.89. The molecule has 1 heteroatoms. The molecule has 4 rings (SSSR count). The molecule has 122 valence electrons. The van der Waals surface area contributed by atoms with Crippen molar-refractivity contribution in [3.8, 4) is 0 Å². The standard InChI is InChI=1S/C21H32O/c1-3-4-14-5-7-16-15(13-14)6-8-18-17(16)11-12-21(2)19(18)9-10-20(21)22/h9-10,14-19H,3-8,11-13H2,1-2H3. The molecule has 0 saturated heterocycles. The van der Waals surface area contributed by atoms with E-state index in [4.69, 9.17) is 0 Å². The minimum Gasteiger partial charge on any atom is -0.294 e. The minimum atomic E-state index is -0.0343. The average molecular weight is 300 g/mol. The minimum absolute atomic E-state index is 0.0343. The molecular weight excluding hydrogens is 268 g/mol. The zero-order valence-corrected chi connectivity index (χ0v) is 14.4. The number of fused-ring (bicyclic) bond motifs is 5. The predicted octanol–water partition coefficient (Wildman–Crippen LogP) is 5.40. The molecular formula is C21H32O. The van der Waals surface area contributed by atoms with Crippen LogP contribution in [0.2, 0.25) is 0 Å². The number of ketones is 1. The Morgan fingerprint density at radius 1 is 1.09 bits per heavy atom. The third-order valence-corrected chi connectivity index (χ3v) is 8.03. The molecule has 0 N–H and O–H groups in total. The van der Waals surface area contributed by atoms with E-state index < -0.39 is 0 Å². The van der Waals surface area contributed by atoms with Crippen molar-refractivity contribution < 1.29 is 4.79 Å². The van der Waals surface area contributed by atoms with Gasteiger partial charge >= 0.3 is 0 Å². The molecule has 1 nitrogen and oxygen atoms in total. The van der Waals surface area contributed by atoms with E-state index in [1.54, 1.807) is 0 Å². The van der Waals surface area contributed by atoms with Gasteiger partial charge in [0.25, 0.3) is 0 Å². The number of hydrogen-bond donors (Lipinski definition) is 0. The van der Waals surface area contributed by atoms with Gasteiger partial charge in [-0.05, 0) is 80.1 Å². The summed E-state index contributed by atoms with van der Waals surface area (Å²) in [6.07, 6.45) is 16.8. The lowest BCUT2D eigenvalue weighted by Gasteiger charge is -2.54. The van der Waals surface area contributed by atoms with E-state index in [1.165, 1.54) is 51.4 Å². The second kappa shape index (κ2) is 5.49. The van der Waals surface area contributed by atoms with Crippen LogP contribution in [-0.4, -0.2) is 5.78 Å². The Hall–Kier alpha value is -0.590. The van der Waals surface area contributed by atoms with Crippen molar-refractivity contribution in [2.45, 2.75) is 71.6 Å². The van der Waals surface area contributed by atoms with Crippen molar-refractivity contribution in [1.29, 1.82) is 0 Å². The van der Waals surface area contributed by atoms with E-state index in [-0.39, 0.29) is 5.41 Å². The summed E-state index contributed by atoms with van der Waals surface area (Å²) < 4.78 is 0. The van der Waals surface area contributed by atoms with Gasteiger partial charge in [0.05, 0.1) is 0 Å². The van der Waals surface area contributed by atoms with Crippen LogP contribution in [0.1, 0.15) is 71.6 Å². The molecule has 4 aliphatic carbocycles. The number of rotatable bonds is 2. The second-order valence-electron chi connectivity index (χ2n) is 9.00. The molecule has 0 bridgehead atoms. The van der Waals surface area contributed by atoms with Gasteiger partial charge in [0, 0.05) is 5.41 Å². The van der Waals surface area contributed by atoms with E-state index in [0.29, 0.717) is 11.7 Å². The highest BCUT2D eigenvalue weighted by molar-refractivity contribution is 5.97. The van der Waals surface area contributed by atoms with Crippen LogP contribution < -0.4 is 0 Å². The first-order chi connectivity index (χ1) is 10.6. The Kier molecular flexibility index (Phi) is 3.74. The zero-order chi connectivity index (χ0) is 15.3. The lowest BCUT2D eigenvalue weighted by atomic mass is 9.50. The SMILES string of the molecule is CCCC1CCC2C(CCC3C2CCC2(C)C(=O)C=CC32)C1. The van der Waals surface area contributed by atoms with E-state index in [0.717, 1.165) is 36.0 Å². The third kappa shape index (κ3) is 2.14. The summed E-state index contributed by atoms with van der Waals surface area (Å²) in [5.41, 5.74) is -0.0343. The first-order valence-corrected chi connectivity index (χ1v) is 9.86. The molecule has 4 aliphatic rings. The lowest BCUT2D eigenvalue weighted by molar-refractivity contribution is -0.130. The average Bonchev–Trinajstić information content (AvgIpc) is 2.83. The topological polar surface area (TPSA) is 17.1 Å². The summed E-state index contributed by atoms with van der Waals surface area (Å²) in [6.45, 7) is 4.59. The van der Waals surface area contributed by atoms with Crippen LogP contribution in [0.3, 0.4) is 0 Å². The van der Waals surface area contributed by atoms with Crippen molar-refractivity contribution in [2.75, 3.05) is 0 Å². The van der Waals surface area contributed by atoms with E-state index in [2.05, 4.69) is 19.9 Å². The molecule has 3 fully saturated rings. The van der Waals surface area contributed by atoms with Crippen molar-refractivity contribution in [3.63, 3.8) is 0 Å². The Morgan fingerprint density at radius 2 is 1.91 bits per heavy atom. The number of carbonyl (C=O) groups is 1. The molecule has 0 amide bonds. The summed E-state index contributed by atoms with van der Waals surface area (Å²) in [7, 11) is 0. The highest BCUT2D eigenvalue weighted by atomic mass is 16.1. The van der Waals surface area contributed by atoms with E-state index in [1.807, 2.05) is 6.08 Å². The maximum absolute atomic E-state index is 12.3. The Bertz CT molecular complexity index is 478.